The molecule has 0 radical (unpaired) electrons. The molecule has 2 heteroatoms. The van der Waals surface area contributed by atoms with E-state index in [1.54, 1.807) is 0 Å². The molecule has 1 fully saturated rings. The lowest BCUT2D eigenvalue weighted by Crippen LogP contribution is -2.46. The van der Waals surface area contributed by atoms with E-state index in [9.17, 15) is 0 Å². The first-order valence-corrected chi connectivity index (χ1v) is 5.91. The molecule has 1 heterocycles. The van der Waals surface area contributed by atoms with Crippen molar-refractivity contribution in [2.45, 2.75) is 52.6 Å². The van der Waals surface area contributed by atoms with E-state index in [1.165, 1.54) is 25.9 Å². The van der Waals surface area contributed by atoms with Gasteiger partial charge in [0, 0.05) is 18.6 Å². The lowest BCUT2D eigenvalue weighted by atomic mass is 9.93. The Labute approximate surface area is 89.1 Å². The van der Waals surface area contributed by atoms with Crippen LogP contribution in [0, 0.1) is 5.41 Å². The van der Waals surface area contributed by atoms with Crippen LogP contribution >= 0.6 is 0 Å². The molecule has 0 aliphatic carbocycles. The number of rotatable bonds is 4. The minimum Gasteiger partial charge on any atom is -0.315 e. The molecule has 84 valence electrons. The first-order chi connectivity index (χ1) is 6.50. The van der Waals surface area contributed by atoms with Gasteiger partial charge in [0.2, 0.25) is 0 Å². The Balaban J connectivity index is 2.50. The van der Waals surface area contributed by atoms with Crippen molar-refractivity contribution in [3.05, 3.63) is 0 Å². The summed E-state index contributed by atoms with van der Waals surface area (Å²) < 4.78 is 0. The summed E-state index contributed by atoms with van der Waals surface area (Å²) in [6.07, 6.45) is 2.56. The quantitative estimate of drug-likeness (QED) is 0.744. The monoisotopic (exact) mass is 198 g/mol. The smallest absolute Gasteiger partial charge is 0.0221 e. The number of hydrogen-bond donors (Lipinski definition) is 1. The van der Waals surface area contributed by atoms with E-state index in [-0.39, 0.29) is 0 Å². The molecule has 14 heavy (non-hydrogen) atoms. The van der Waals surface area contributed by atoms with E-state index < -0.39 is 0 Å². The van der Waals surface area contributed by atoms with Crippen LogP contribution in [0.3, 0.4) is 0 Å². The van der Waals surface area contributed by atoms with Crippen LogP contribution in [0.15, 0.2) is 0 Å². The highest BCUT2D eigenvalue weighted by molar-refractivity contribution is 4.89. The van der Waals surface area contributed by atoms with Crippen molar-refractivity contribution in [1.29, 1.82) is 0 Å². The first-order valence-electron chi connectivity index (χ1n) is 5.91. The highest BCUT2D eigenvalue weighted by atomic mass is 15.2. The second-order valence-corrected chi connectivity index (χ2v) is 5.43. The summed E-state index contributed by atoms with van der Waals surface area (Å²) in [6, 6.07) is 1.32. The summed E-state index contributed by atoms with van der Waals surface area (Å²) >= 11 is 0. The lowest BCUT2D eigenvalue weighted by Gasteiger charge is -2.32. The van der Waals surface area contributed by atoms with Crippen molar-refractivity contribution in [2.75, 3.05) is 20.1 Å². The van der Waals surface area contributed by atoms with E-state index in [0.29, 0.717) is 17.5 Å². The maximum absolute atomic E-state index is 3.41. The molecule has 2 unspecified atom stereocenters. The van der Waals surface area contributed by atoms with Gasteiger partial charge in [-0.2, -0.15) is 0 Å². The normalized spacial score (nSPS) is 26.4. The molecule has 2 nitrogen and oxygen atoms in total. The van der Waals surface area contributed by atoms with Crippen molar-refractivity contribution < 1.29 is 0 Å². The standard InChI is InChI=1S/C12H26N2/c1-6-11(13-5)10(2)14-8-7-12(3,4)9-14/h10-11,13H,6-9H2,1-5H3. The van der Waals surface area contributed by atoms with Crippen LogP contribution in [-0.2, 0) is 0 Å². The average molecular weight is 198 g/mol. The predicted octanol–water partition coefficient (Wildman–Crippen LogP) is 2.10. The molecule has 0 saturated carbocycles. The second kappa shape index (κ2) is 4.63. The molecule has 1 saturated heterocycles. The zero-order chi connectivity index (χ0) is 10.8. The van der Waals surface area contributed by atoms with E-state index in [4.69, 9.17) is 0 Å². The molecule has 1 rings (SSSR count). The van der Waals surface area contributed by atoms with E-state index >= 15 is 0 Å². The first kappa shape index (κ1) is 12.0. The van der Waals surface area contributed by atoms with Gasteiger partial charge in [0.05, 0.1) is 0 Å². The fourth-order valence-corrected chi connectivity index (χ4v) is 2.54. The van der Waals surface area contributed by atoms with Crippen molar-refractivity contribution in [2.24, 2.45) is 5.41 Å². The predicted molar refractivity (Wildman–Crippen MR) is 62.6 cm³/mol. The highest BCUT2D eigenvalue weighted by Crippen LogP contribution is 2.30. The van der Waals surface area contributed by atoms with Gasteiger partial charge in [-0.1, -0.05) is 20.8 Å². The van der Waals surface area contributed by atoms with Gasteiger partial charge in [-0.05, 0) is 38.8 Å². The Kier molecular flexibility index (Phi) is 3.96. The average Bonchev–Trinajstić information content (AvgIpc) is 2.48. The third kappa shape index (κ3) is 2.71. The van der Waals surface area contributed by atoms with Crippen LogP contribution in [0.5, 0.6) is 0 Å². The van der Waals surface area contributed by atoms with E-state index in [2.05, 4.69) is 45.0 Å². The molecule has 0 spiro atoms. The van der Waals surface area contributed by atoms with Gasteiger partial charge in [-0.15, -0.1) is 0 Å². The summed E-state index contributed by atoms with van der Waals surface area (Å²) in [4.78, 5) is 2.63. The van der Waals surface area contributed by atoms with Gasteiger partial charge in [0.25, 0.3) is 0 Å². The SMILES string of the molecule is CCC(NC)C(C)N1CCC(C)(C)C1. The minimum atomic E-state index is 0.528. The fourth-order valence-electron chi connectivity index (χ4n) is 2.54. The van der Waals surface area contributed by atoms with Crippen LogP contribution in [0.1, 0.15) is 40.5 Å². The van der Waals surface area contributed by atoms with Crippen LogP contribution in [0.2, 0.25) is 0 Å². The molecule has 0 aromatic rings. The van der Waals surface area contributed by atoms with Crippen molar-refractivity contribution in [3.63, 3.8) is 0 Å². The second-order valence-electron chi connectivity index (χ2n) is 5.43. The van der Waals surface area contributed by atoms with Crippen LogP contribution in [0.25, 0.3) is 0 Å². The summed E-state index contributed by atoms with van der Waals surface area (Å²) in [7, 11) is 2.08. The topological polar surface area (TPSA) is 15.3 Å². The molecule has 1 aliphatic rings. The van der Waals surface area contributed by atoms with Crippen molar-refractivity contribution >= 4 is 0 Å². The van der Waals surface area contributed by atoms with Crippen molar-refractivity contribution in [1.82, 2.24) is 10.2 Å². The Morgan fingerprint density at radius 3 is 2.43 bits per heavy atom. The van der Waals surface area contributed by atoms with E-state index in [1.807, 2.05) is 0 Å². The lowest BCUT2D eigenvalue weighted by molar-refractivity contribution is 0.188. The Morgan fingerprint density at radius 2 is 2.07 bits per heavy atom. The number of likely N-dealkylation sites (tertiary alicyclic amines) is 1. The molecule has 0 amide bonds. The third-order valence-corrected chi connectivity index (χ3v) is 3.68. The fraction of sp³-hybridized carbons (Fsp3) is 1.00. The third-order valence-electron chi connectivity index (χ3n) is 3.68. The van der Waals surface area contributed by atoms with E-state index in [0.717, 1.165) is 0 Å². The minimum absolute atomic E-state index is 0.528. The van der Waals surface area contributed by atoms with Gasteiger partial charge < -0.3 is 5.32 Å². The van der Waals surface area contributed by atoms with Gasteiger partial charge >= 0.3 is 0 Å². The summed E-state index contributed by atoms with van der Waals surface area (Å²) in [5.74, 6) is 0. The summed E-state index contributed by atoms with van der Waals surface area (Å²) in [6.45, 7) is 11.9. The molecule has 0 aromatic carbocycles. The molecule has 0 bridgehead atoms. The molecular formula is C12H26N2. The van der Waals surface area contributed by atoms with Crippen LogP contribution in [0.4, 0.5) is 0 Å². The van der Waals surface area contributed by atoms with Crippen LogP contribution < -0.4 is 5.32 Å². The maximum Gasteiger partial charge on any atom is 0.0221 e. The Hall–Kier alpha value is -0.0800. The van der Waals surface area contributed by atoms with Gasteiger partial charge in [-0.25, -0.2) is 0 Å². The molecule has 2 atom stereocenters. The zero-order valence-electron chi connectivity index (χ0n) is 10.4. The van der Waals surface area contributed by atoms with Gasteiger partial charge in [0.1, 0.15) is 0 Å². The summed E-state index contributed by atoms with van der Waals surface area (Å²) in [5, 5.41) is 3.41. The summed E-state index contributed by atoms with van der Waals surface area (Å²) in [5.41, 5.74) is 0.528. The van der Waals surface area contributed by atoms with Gasteiger partial charge in [-0.3, -0.25) is 4.90 Å². The molecule has 1 N–H and O–H groups in total. The van der Waals surface area contributed by atoms with Crippen LogP contribution in [-0.4, -0.2) is 37.1 Å². The van der Waals surface area contributed by atoms with Gasteiger partial charge in [0.15, 0.2) is 0 Å². The number of nitrogens with zero attached hydrogens (tertiary/aromatic N) is 1. The Morgan fingerprint density at radius 1 is 1.43 bits per heavy atom. The molecule has 0 aromatic heterocycles. The van der Waals surface area contributed by atoms with Crippen molar-refractivity contribution in [3.8, 4) is 0 Å². The maximum atomic E-state index is 3.41. The number of nitrogens with one attached hydrogen (secondary N) is 1. The number of likely N-dealkylation sites (N-methyl/N-ethyl adjacent to an activating group) is 1. The molecule has 1 aliphatic heterocycles. The largest absolute Gasteiger partial charge is 0.315 e. The molecular weight excluding hydrogens is 172 g/mol. The zero-order valence-corrected chi connectivity index (χ0v) is 10.4. The number of hydrogen-bond acceptors (Lipinski definition) is 2. The Bertz CT molecular complexity index is 173. The highest BCUT2D eigenvalue weighted by Gasteiger charge is 2.33.